The third-order valence-corrected chi connectivity index (χ3v) is 8.41. The molecule has 1 saturated heterocycles. The van der Waals surface area contributed by atoms with Gasteiger partial charge in [-0.05, 0) is 60.9 Å². The number of hydrogen-bond donors (Lipinski definition) is 1. The van der Waals surface area contributed by atoms with Gasteiger partial charge in [0.25, 0.3) is 21.7 Å². The number of sulfone groups is 1. The van der Waals surface area contributed by atoms with Gasteiger partial charge < -0.3 is 10.2 Å². The molecule has 202 valence electrons. The van der Waals surface area contributed by atoms with Gasteiger partial charge in [0, 0.05) is 6.20 Å². The van der Waals surface area contributed by atoms with Crippen LogP contribution in [0, 0.1) is 0 Å². The summed E-state index contributed by atoms with van der Waals surface area (Å²) in [6, 6.07) is 10.6. The predicted molar refractivity (Wildman–Crippen MR) is 134 cm³/mol. The molecule has 9 nitrogen and oxygen atoms in total. The number of urea groups is 1. The number of nitrogens with one attached hydrogen (secondary N) is 1. The number of halogens is 4. The Bertz CT molecular complexity index is 1610. The first-order chi connectivity index (χ1) is 18.4. The highest BCUT2D eigenvalue weighted by molar-refractivity contribution is 7.92. The number of benzene rings is 2. The molecule has 1 saturated carbocycles. The van der Waals surface area contributed by atoms with Gasteiger partial charge in [-0.2, -0.15) is 13.2 Å². The third-order valence-electron chi connectivity index (χ3n) is 6.58. The summed E-state index contributed by atoms with van der Waals surface area (Å²) in [5.74, 6) is -1.08. The van der Waals surface area contributed by atoms with Crippen LogP contribution < -0.4 is 10.2 Å². The minimum absolute atomic E-state index is 0.0677. The maximum atomic E-state index is 13.4. The molecule has 3 aromatic rings. The van der Waals surface area contributed by atoms with Crippen LogP contribution in [0.25, 0.3) is 0 Å². The quantitative estimate of drug-likeness (QED) is 0.421. The summed E-state index contributed by atoms with van der Waals surface area (Å²) < 4.78 is 62.0. The number of carbonyl (C=O) groups is 3. The van der Waals surface area contributed by atoms with Crippen molar-refractivity contribution >= 4 is 50.7 Å². The van der Waals surface area contributed by atoms with Crippen molar-refractivity contribution in [1.82, 2.24) is 9.88 Å². The Morgan fingerprint density at radius 1 is 1.05 bits per heavy atom. The first-order valence-corrected chi connectivity index (χ1v) is 13.3. The molecule has 14 heteroatoms. The molecule has 5 rings (SSSR count). The standard InChI is InChI=1S/C25H18ClF3N4O5S/c26-19-4-2-1-3-18(19)21(34)31-20-13-30-12-9-15(20)14-32-23(36)33(22(35)24(32)10-11-24)16-5-7-17(8-6-16)39(37,38)25(27,28)29/h1-9,12-13H,10-11,14H2,(H,31,34). The van der Waals surface area contributed by atoms with Gasteiger partial charge in [0.2, 0.25) is 0 Å². The van der Waals surface area contributed by atoms with Crippen molar-refractivity contribution in [2.24, 2.45) is 0 Å². The number of carbonyl (C=O) groups excluding carboxylic acids is 3. The van der Waals surface area contributed by atoms with Crippen LogP contribution in [0.3, 0.4) is 0 Å². The van der Waals surface area contributed by atoms with Crippen molar-refractivity contribution in [3.8, 4) is 0 Å². The largest absolute Gasteiger partial charge is 0.501 e. The number of pyridine rings is 1. The number of aromatic nitrogens is 1. The van der Waals surface area contributed by atoms with Crippen molar-refractivity contribution in [2.75, 3.05) is 10.2 Å². The minimum Gasteiger partial charge on any atom is -0.320 e. The molecule has 2 aliphatic rings. The number of nitrogens with zero attached hydrogens (tertiary/aromatic N) is 3. The van der Waals surface area contributed by atoms with E-state index in [0.29, 0.717) is 36.2 Å². The molecule has 1 aliphatic carbocycles. The zero-order chi connectivity index (χ0) is 28.2. The molecule has 1 N–H and O–H groups in total. The molecule has 0 radical (unpaired) electrons. The molecular weight excluding hydrogens is 561 g/mol. The second-order valence-corrected chi connectivity index (χ2v) is 11.3. The number of rotatable bonds is 6. The van der Waals surface area contributed by atoms with Gasteiger partial charge in [-0.15, -0.1) is 0 Å². The van der Waals surface area contributed by atoms with Crippen molar-refractivity contribution in [3.05, 3.63) is 83.1 Å². The van der Waals surface area contributed by atoms with Crippen molar-refractivity contribution in [1.29, 1.82) is 0 Å². The zero-order valence-corrected chi connectivity index (χ0v) is 21.3. The van der Waals surface area contributed by atoms with E-state index in [0.717, 1.165) is 17.0 Å². The molecule has 0 bridgehead atoms. The highest BCUT2D eigenvalue weighted by Crippen LogP contribution is 2.50. The van der Waals surface area contributed by atoms with Gasteiger partial charge in [-0.1, -0.05) is 23.7 Å². The summed E-state index contributed by atoms with van der Waals surface area (Å²) in [5.41, 5.74) is -5.72. The average molecular weight is 579 g/mol. The van der Waals surface area contributed by atoms with Crippen molar-refractivity contribution in [3.63, 3.8) is 0 Å². The zero-order valence-electron chi connectivity index (χ0n) is 19.8. The van der Waals surface area contributed by atoms with Gasteiger partial charge in [0.05, 0.1) is 39.6 Å². The summed E-state index contributed by atoms with van der Waals surface area (Å²) in [4.78, 5) is 44.7. The lowest BCUT2D eigenvalue weighted by Gasteiger charge is -2.23. The van der Waals surface area contributed by atoms with E-state index in [1.165, 1.54) is 17.3 Å². The maximum absolute atomic E-state index is 13.4. The van der Waals surface area contributed by atoms with E-state index in [-0.39, 0.29) is 22.8 Å². The number of imide groups is 1. The maximum Gasteiger partial charge on any atom is 0.501 e. The highest BCUT2D eigenvalue weighted by Gasteiger charge is 2.65. The number of hydrogen-bond acceptors (Lipinski definition) is 6. The van der Waals surface area contributed by atoms with Gasteiger partial charge in [0.15, 0.2) is 0 Å². The van der Waals surface area contributed by atoms with Crippen LogP contribution in [0.2, 0.25) is 5.02 Å². The van der Waals surface area contributed by atoms with E-state index in [2.05, 4.69) is 10.3 Å². The highest BCUT2D eigenvalue weighted by atomic mass is 35.5. The van der Waals surface area contributed by atoms with Gasteiger partial charge in [-0.25, -0.2) is 18.1 Å². The lowest BCUT2D eigenvalue weighted by Crippen LogP contribution is -2.36. The van der Waals surface area contributed by atoms with Crippen LogP contribution in [0.5, 0.6) is 0 Å². The van der Waals surface area contributed by atoms with E-state index in [1.807, 2.05) is 0 Å². The smallest absolute Gasteiger partial charge is 0.320 e. The van der Waals surface area contributed by atoms with Crippen molar-refractivity contribution in [2.45, 2.75) is 35.3 Å². The summed E-state index contributed by atoms with van der Waals surface area (Å²) in [5, 5.41) is 2.96. The van der Waals surface area contributed by atoms with Gasteiger partial charge >= 0.3 is 11.5 Å². The topological polar surface area (TPSA) is 117 Å². The van der Waals surface area contributed by atoms with E-state index in [9.17, 15) is 36.0 Å². The van der Waals surface area contributed by atoms with E-state index in [1.54, 1.807) is 30.3 Å². The molecule has 1 spiro atoms. The fourth-order valence-corrected chi connectivity index (χ4v) is 5.33. The summed E-state index contributed by atoms with van der Waals surface area (Å²) in [7, 11) is -5.59. The normalized spacial score (nSPS) is 16.6. The fraction of sp³-hybridized carbons (Fsp3) is 0.200. The first kappa shape index (κ1) is 26.6. The number of alkyl halides is 3. The Balaban J connectivity index is 1.41. The molecule has 0 atom stereocenters. The minimum atomic E-state index is -5.59. The number of anilines is 2. The van der Waals surface area contributed by atoms with E-state index in [4.69, 9.17) is 11.6 Å². The molecular formula is C25H18ClF3N4O5S. The van der Waals surface area contributed by atoms with E-state index < -0.39 is 43.6 Å². The monoisotopic (exact) mass is 578 g/mol. The van der Waals surface area contributed by atoms with Crippen LogP contribution in [0.4, 0.5) is 29.3 Å². The molecule has 0 unspecified atom stereocenters. The van der Waals surface area contributed by atoms with Crippen LogP contribution in [-0.4, -0.2) is 47.2 Å². The average Bonchev–Trinajstić information content (AvgIpc) is 3.66. The molecule has 1 aromatic heterocycles. The fourth-order valence-electron chi connectivity index (χ4n) is 4.35. The van der Waals surface area contributed by atoms with Crippen LogP contribution in [0.1, 0.15) is 28.8 Å². The molecule has 1 aliphatic heterocycles. The van der Waals surface area contributed by atoms with E-state index >= 15 is 0 Å². The van der Waals surface area contributed by atoms with Gasteiger partial charge in [-0.3, -0.25) is 14.6 Å². The Morgan fingerprint density at radius 2 is 1.72 bits per heavy atom. The Morgan fingerprint density at radius 3 is 2.33 bits per heavy atom. The molecule has 4 amide bonds. The second-order valence-electron chi connectivity index (χ2n) is 8.95. The predicted octanol–water partition coefficient (Wildman–Crippen LogP) is 4.78. The SMILES string of the molecule is O=C(Nc1cnccc1CN1C(=O)N(c2ccc(S(=O)(=O)C(F)(F)F)cc2)C(=O)C12CC2)c1ccccc1Cl. The van der Waals surface area contributed by atoms with Gasteiger partial charge in [0.1, 0.15) is 5.54 Å². The number of amides is 4. The van der Waals surface area contributed by atoms with Crippen LogP contribution in [-0.2, 0) is 21.2 Å². The van der Waals surface area contributed by atoms with Crippen molar-refractivity contribution < 1.29 is 36.0 Å². The van der Waals surface area contributed by atoms with Crippen LogP contribution in [0.15, 0.2) is 71.9 Å². The second kappa shape index (κ2) is 9.35. The third kappa shape index (κ3) is 4.51. The van der Waals surface area contributed by atoms with Crippen LogP contribution >= 0.6 is 11.6 Å². The molecule has 39 heavy (non-hydrogen) atoms. The summed E-state index contributed by atoms with van der Waals surface area (Å²) >= 11 is 6.11. The summed E-state index contributed by atoms with van der Waals surface area (Å²) in [6.45, 7) is -0.0811. The Kier molecular flexibility index (Phi) is 6.38. The Labute approximate surface area is 225 Å². The lowest BCUT2D eigenvalue weighted by atomic mass is 10.1. The Hall–Kier alpha value is -3.97. The molecule has 2 heterocycles. The molecule has 2 aromatic carbocycles. The first-order valence-electron chi connectivity index (χ1n) is 11.4. The molecule has 2 fully saturated rings. The lowest BCUT2D eigenvalue weighted by molar-refractivity contribution is -0.120. The summed E-state index contributed by atoms with van der Waals surface area (Å²) in [6.07, 6.45) is 3.58.